The second-order valence-corrected chi connectivity index (χ2v) is 9.49. The smallest absolute Gasteiger partial charge is 0.341 e. The van der Waals surface area contributed by atoms with Crippen molar-refractivity contribution in [3.8, 4) is 6.07 Å². The first-order valence-corrected chi connectivity index (χ1v) is 11.4. The molecule has 0 saturated heterocycles. The standard InChI is InChI=1S/C24H21NO4S/c25-13-15-4-5-18-16(10-15)11-24(17-6-9-30-14-17)27-19-12-23(7-2-1-3-8-23)29-22(26)20(19)21(18)28-24/h4-6,9-10,14,21H,1-3,7-8,11-12H2/t21?,24-/m0/s1. The predicted octanol–water partition coefficient (Wildman–Crippen LogP) is 5.02. The van der Waals surface area contributed by atoms with Gasteiger partial charge >= 0.3 is 5.97 Å². The van der Waals surface area contributed by atoms with Crippen molar-refractivity contribution < 1.29 is 19.0 Å². The summed E-state index contributed by atoms with van der Waals surface area (Å²) in [6.07, 6.45) is 5.69. The van der Waals surface area contributed by atoms with Crippen LogP contribution in [0.15, 0.2) is 46.4 Å². The molecule has 0 radical (unpaired) electrons. The fraction of sp³-hybridized carbons (Fsp3) is 0.417. The number of hydrogen-bond acceptors (Lipinski definition) is 6. The fourth-order valence-corrected chi connectivity index (χ4v) is 6.13. The first-order chi connectivity index (χ1) is 14.6. The minimum absolute atomic E-state index is 0.320. The number of thiophene rings is 1. The van der Waals surface area contributed by atoms with Gasteiger partial charge in [-0.1, -0.05) is 12.5 Å². The average molecular weight is 420 g/mol. The van der Waals surface area contributed by atoms with E-state index in [0.29, 0.717) is 24.0 Å². The van der Waals surface area contributed by atoms with Crippen molar-refractivity contribution in [3.63, 3.8) is 0 Å². The van der Waals surface area contributed by atoms with E-state index in [1.54, 1.807) is 17.4 Å². The van der Waals surface area contributed by atoms with Crippen LogP contribution >= 0.6 is 11.3 Å². The number of nitrogens with zero attached hydrogens (tertiary/aromatic N) is 1. The highest BCUT2D eigenvalue weighted by Crippen LogP contribution is 2.55. The second kappa shape index (κ2) is 6.44. The summed E-state index contributed by atoms with van der Waals surface area (Å²) in [6.45, 7) is 0. The van der Waals surface area contributed by atoms with Gasteiger partial charge in [0.1, 0.15) is 23.0 Å². The van der Waals surface area contributed by atoms with Gasteiger partial charge in [-0.15, -0.1) is 0 Å². The number of fused-ring (bicyclic) bond motifs is 5. The normalized spacial score (nSPS) is 28.8. The van der Waals surface area contributed by atoms with Crippen LogP contribution in [0.1, 0.15) is 66.9 Å². The lowest BCUT2D eigenvalue weighted by atomic mass is 9.77. The first-order valence-electron chi connectivity index (χ1n) is 10.5. The maximum atomic E-state index is 13.2. The average Bonchev–Trinajstić information content (AvgIpc) is 3.29. The van der Waals surface area contributed by atoms with Gasteiger partial charge in [-0.2, -0.15) is 16.6 Å². The summed E-state index contributed by atoms with van der Waals surface area (Å²) in [6, 6.07) is 9.81. The van der Waals surface area contributed by atoms with Crippen LogP contribution in [0.2, 0.25) is 0 Å². The van der Waals surface area contributed by atoms with Gasteiger partial charge in [0.15, 0.2) is 0 Å². The van der Waals surface area contributed by atoms with Crippen molar-refractivity contribution in [1.29, 1.82) is 5.26 Å². The van der Waals surface area contributed by atoms with Crippen molar-refractivity contribution in [1.82, 2.24) is 0 Å². The molecule has 0 N–H and O–H groups in total. The van der Waals surface area contributed by atoms with E-state index in [1.165, 1.54) is 6.42 Å². The van der Waals surface area contributed by atoms with Crippen LogP contribution in [0.5, 0.6) is 0 Å². The Labute approximate surface area is 178 Å². The first kappa shape index (κ1) is 18.2. The molecule has 1 saturated carbocycles. The highest BCUT2D eigenvalue weighted by Gasteiger charge is 2.55. The number of ether oxygens (including phenoxy) is 3. The molecule has 1 fully saturated rings. The van der Waals surface area contributed by atoms with E-state index in [0.717, 1.165) is 48.1 Å². The Morgan fingerprint density at radius 2 is 1.97 bits per heavy atom. The monoisotopic (exact) mass is 419 g/mol. The molecule has 2 bridgehead atoms. The molecule has 6 heteroatoms. The van der Waals surface area contributed by atoms with Gasteiger partial charge in [0.2, 0.25) is 5.79 Å². The number of esters is 1. The fourth-order valence-electron chi connectivity index (χ4n) is 5.42. The van der Waals surface area contributed by atoms with E-state index in [2.05, 4.69) is 6.07 Å². The summed E-state index contributed by atoms with van der Waals surface area (Å²) in [5.41, 5.74) is 3.50. The topological polar surface area (TPSA) is 68.5 Å². The van der Waals surface area contributed by atoms with Crippen LogP contribution in [0.4, 0.5) is 0 Å². The number of carbonyl (C=O) groups excluding carboxylic acids is 1. The summed E-state index contributed by atoms with van der Waals surface area (Å²) in [7, 11) is 0. The third-order valence-corrected chi connectivity index (χ3v) is 7.56. The third kappa shape index (κ3) is 2.59. The molecule has 1 aromatic carbocycles. The zero-order chi connectivity index (χ0) is 20.3. The Hall–Kier alpha value is -2.62. The van der Waals surface area contributed by atoms with Crippen LogP contribution in [0.3, 0.4) is 0 Å². The van der Waals surface area contributed by atoms with Crippen molar-refractivity contribution >= 4 is 17.3 Å². The molecule has 1 spiro atoms. The lowest BCUT2D eigenvalue weighted by molar-refractivity contribution is -0.278. The van der Waals surface area contributed by atoms with Gasteiger partial charge in [-0.05, 0) is 60.4 Å². The molecule has 1 unspecified atom stereocenters. The molecular weight excluding hydrogens is 398 g/mol. The molecule has 1 aromatic heterocycles. The molecule has 5 nitrogen and oxygen atoms in total. The van der Waals surface area contributed by atoms with E-state index >= 15 is 0 Å². The number of benzene rings is 1. The summed E-state index contributed by atoms with van der Waals surface area (Å²) in [5, 5.41) is 13.4. The molecule has 2 atom stereocenters. The molecule has 0 amide bonds. The quantitative estimate of drug-likeness (QED) is 0.607. The van der Waals surface area contributed by atoms with Crippen LogP contribution in [0.25, 0.3) is 0 Å². The number of carbonyl (C=O) groups is 1. The maximum absolute atomic E-state index is 13.2. The zero-order valence-electron chi connectivity index (χ0n) is 16.5. The summed E-state index contributed by atoms with van der Waals surface area (Å²) >= 11 is 1.59. The number of hydrogen-bond donors (Lipinski definition) is 0. The Kier molecular flexibility index (Phi) is 3.90. The van der Waals surface area contributed by atoms with Crippen LogP contribution in [0, 0.1) is 11.3 Å². The van der Waals surface area contributed by atoms with Gasteiger partial charge in [-0.3, -0.25) is 0 Å². The minimum Gasteiger partial charge on any atom is -0.461 e. The summed E-state index contributed by atoms with van der Waals surface area (Å²) in [4.78, 5) is 13.2. The van der Waals surface area contributed by atoms with Gasteiger partial charge in [-0.25, -0.2) is 4.79 Å². The maximum Gasteiger partial charge on any atom is 0.341 e. The van der Waals surface area contributed by atoms with E-state index in [4.69, 9.17) is 14.2 Å². The second-order valence-electron chi connectivity index (χ2n) is 8.71. The summed E-state index contributed by atoms with van der Waals surface area (Å²) < 4.78 is 19.2. The Morgan fingerprint density at radius 3 is 2.73 bits per heavy atom. The van der Waals surface area contributed by atoms with Crippen LogP contribution in [-0.2, 0) is 31.2 Å². The Balaban J connectivity index is 1.52. The zero-order valence-corrected chi connectivity index (χ0v) is 17.3. The van der Waals surface area contributed by atoms with E-state index in [1.807, 2.05) is 29.0 Å². The van der Waals surface area contributed by atoms with Gasteiger partial charge < -0.3 is 14.2 Å². The molecule has 1 aliphatic carbocycles. The highest BCUT2D eigenvalue weighted by molar-refractivity contribution is 7.08. The molecule has 152 valence electrons. The largest absolute Gasteiger partial charge is 0.461 e. The lowest BCUT2D eigenvalue weighted by Crippen LogP contribution is -2.50. The van der Waals surface area contributed by atoms with Gasteiger partial charge in [0.05, 0.1) is 11.6 Å². The van der Waals surface area contributed by atoms with E-state index in [-0.39, 0.29) is 5.97 Å². The third-order valence-electron chi connectivity index (χ3n) is 6.87. The Bertz CT molecular complexity index is 1110. The SMILES string of the molecule is N#Cc1ccc2c(c1)C[C@]1(c3ccsc3)OC3=C(C(=O)OC4(CCCCC4)C3)C2O1. The van der Waals surface area contributed by atoms with Gasteiger partial charge in [0.25, 0.3) is 0 Å². The Morgan fingerprint density at radius 1 is 1.10 bits per heavy atom. The van der Waals surface area contributed by atoms with E-state index in [9.17, 15) is 10.1 Å². The molecule has 4 heterocycles. The van der Waals surface area contributed by atoms with Gasteiger partial charge in [0, 0.05) is 23.8 Å². The lowest BCUT2D eigenvalue weighted by Gasteiger charge is -2.50. The molecule has 4 aliphatic rings. The summed E-state index contributed by atoms with van der Waals surface area (Å²) in [5.74, 6) is -0.567. The predicted molar refractivity (Wildman–Crippen MR) is 109 cm³/mol. The van der Waals surface area contributed by atoms with Crippen molar-refractivity contribution in [2.24, 2.45) is 0 Å². The van der Waals surface area contributed by atoms with Crippen molar-refractivity contribution in [2.75, 3.05) is 0 Å². The molecule has 2 aromatic rings. The van der Waals surface area contributed by atoms with E-state index < -0.39 is 17.5 Å². The van der Waals surface area contributed by atoms with Crippen molar-refractivity contribution in [2.45, 2.75) is 62.4 Å². The molecule has 6 rings (SSSR count). The molecule has 30 heavy (non-hydrogen) atoms. The highest BCUT2D eigenvalue weighted by atomic mass is 32.1. The number of nitriles is 1. The molecule has 3 aliphatic heterocycles. The minimum atomic E-state index is -0.974. The number of rotatable bonds is 1. The van der Waals surface area contributed by atoms with Crippen molar-refractivity contribution in [3.05, 3.63) is 68.6 Å². The van der Waals surface area contributed by atoms with Crippen LogP contribution < -0.4 is 0 Å². The molecular formula is C24H21NO4S. The van der Waals surface area contributed by atoms with Crippen LogP contribution in [-0.4, -0.2) is 11.6 Å².